The Morgan fingerprint density at radius 3 is 2.93 bits per heavy atom. The lowest BCUT2D eigenvalue weighted by Gasteiger charge is -2.01. The van der Waals surface area contributed by atoms with Crippen LogP contribution in [0.1, 0.15) is 30.3 Å². The highest BCUT2D eigenvalue weighted by Crippen LogP contribution is 2.11. The van der Waals surface area contributed by atoms with Crippen molar-refractivity contribution in [3.63, 3.8) is 0 Å². The number of nitrogens with zero attached hydrogens (tertiary/aromatic N) is 1. The van der Waals surface area contributed by atoms with Gasteiger partial charge in [-0.3, -0.25) is 9.78 Å². The van der Waals surface area contributed by atoms with Crippen molar-refractivity contribution in [1.29, 1.82) is 0 Å². The lowest BCUT2D eigenvalue weighted by atomic mass is 10.1. The molecular weight excluding hydrogens is 181 g/mol. The van der Waals surface area contributed by atoms with Gasteiger partial charge < -0.3 is 0 Å². The summed E-state index contributed by atoms with van der Waals surface area (Å²) in [6.45, 7) is 5.60. The molecule has 1 aromatic heterocycles. The average Bonchev–Trinajstić information content (AvgIpc) is 2.18. The van der Waals surface area contributed by atoms with Crippen molar-refractivity contribution in [2.75, 3.05) is 0 Å². The van der Waals surface area contributed by atoms with Gasteiger partial charge in [0.05, 0.1) is 0 Å². The minimum atomic E-state index is -0.568. The van der Waals surface area contributed by atoms with Crippen LogP contribution in [0.15, 0.2) is 30.5 Å². The third-order valence-corrected chi connectivity index (χ3v) is 1.93. The molecule has 0 atom stereocenters. The molecule has 0 fully saturated rings. The molecule has 0 aliphatic heterocycles. The van der Waals surface area contributed by atoms with Gasteiger partial charge in [-0.05, 0) is 18.6 Å². The number of pyridine rings is 1. The molecule has 0 bridgehead atoms. The molecule has 0 aliphatic carbocycles. The minimum Gasteiger partial charge on any atom is -0.292 e. The summed E-state index contributed by atoms with van der Waals surface area (Å²) in [6, 6.07) is 2.69. The molecule has 0 aliphatic rings. The zero-order valence-corrected chi connectivity index (χ0v) is 8.09. The first-order chi connectivity index (χ1) is 6.65. The van der Waals surface area contributed by atoms with Crippen molar-refractivity contribution < 1.29 is 9.18 Å². The Hall–Kier alpha value is -1.51. The molecule has 0 spiro atoms. The number of carbonyl (C=O) groups is 1. The average molecular weight is 193 g/mol. The lowest BCUT2D eigenvalue weighted by molar-refractivity contribution is 0.0983. The molecule has 1 aromatic rings. The van der Waals surface area contributed by atoms with E-state index in [1.165, 1.54) is 18.3 Å². The first-order valence-corrected chi connectivity index (χ1v) is 4.45. The molecule has 14 heavy (non-hydrogen) atoms. The Morgan fingerprint density at radius 2 is 2.36 bits per heavy atom. The van der Waals surface area contributed by atoms with Crippen LogP contribution >= 0.6 is 0 Å². The topological polar surface area (TPSA) is 30.0 Å². The summed E-state index contributed by atoms with van der Waals surface area (Å²) in [5.74, 6) is -0.878. The molecule has 74 valence electrons. The molecule has 0 unspecified atom stereocenters. The van der Waals surface area contributed by atoms with Gasteiger partial charge in [-0.15, -0.1) is 0 Å². The number of Topliss-reactive ketones (excluding diaryl/α,β-unsaturated/α-hetero) is 1. The molecule has 0 aromatic carbocycles. The maximum atomic E-state index is 13.1. The molecule has 1 heterocycles. The smallest absolute Gasteiger partial charge is 0.188 e. The second kappa shape index (κ2) is 4.65. The zero-order valence-electron chi connectivity index (χ0n) is 8.09. The first-order valence-electron chi connectivity index (χ1n) is 4.45. The van der Waals surface area contributed by atoms with E-state index in [-0.39, 0.29) is 17.9 Å². The second-order valence-electron chi connectivity index (χ2n) is 3.04. The highest BCUT2D eigenvalue weighted by atomic mass is 19.1. The van der Waals surface area contributed by atoms with Gasteiger partial charge in [0, 0.05) is 12.6 Å². The highest BCUT2D eigenvalue weighted by molar-refractivity contribution is 5.95. The SMILES string of the molecule is C=C(CC)CC(=O)c1ncccc1F. The number of allylic oxidation sites excluding steroid dienone is 1. The fourth-order valence-electron chi connectivity index (χ4n) is 1.03. The van der Waals surface area contributed by atoms with Gasteiger partial charge in [0.1, 0.15) is 5.69 Å². The van der Waals surface area contributed by atoms with Crippen LogP contribution in [0.5, 0.6) is 0 Å². The summed E-state index contributed by atoms with van der Waals surface area (Å²) >= 11 is 0. The van der Waals surface area contributed by atoms with Crippen LogP contribution in [-0.2, 0) is 0 Å². The Morgan fingerprint density at radius 1 is 1.64 bits per heavy atom. The molecule has 0 saturated carbocycles. The van der Waals surface area contributed by atoms with Crippen LogP contribution in [0, 0.1) is 5.82 Å². The number of halogens is 1. The van der Waals surface area contributed by atoms with Crippen LogP contribution in [-0.4, -0.2) is 10.8 Å². The third-order valence-electron chi connectivity index (χ3n) is 1.93. The van der Waals surface area contributed by atoms with E-state index in [0.29, 0.717) is 0 Å². The van der Waals surface area contributed by atoms with E-state index < -0.39 is 5.82 Å². The van der Waals surface area contributed by atoms with E-state index >= 15 is 0 Å². The van der Waals surface area contributed by atoms with Crippen LogP contribution < -0.4 is 0 Å². The van der Waals surface area contributed by atoms with Crippen LogP contribution in [0.3, 0.4) is 0 Å². The maximum absolute atomic E-state index is 13.1. The van der Waals surface area contributed by atoms with Crippen molar-refractivity contribution in [2.24, 2.45) is 0 Å². The summed E-state index contributed by atoms with van der Waals surface area (Å²) in [4.78, 5) is 15.2. The summed E-state index contributed by atoms with van der Waals surface area (Å²) < 4.78 is 13.1. The number of rotatable bonds is 4. The maximum Gasteiger partial charge on any atom is 0.188 e. The van der Waals surface area contributed by atoms with Gasteiger partial charge in [0.15, 0.2) is 11.6 Å². The zero-order chi connectivity index (χ0) is 10.6. The third kappa shape index (κ3) is 2.49. The van der Waals surface area contributed by atoms with Crippen molar-refractivity contribution in [3.05, 3.63) is 42.0 Å². The predicted octanol–water partition coefficient (Wildman–Crippen LogP) is 2.76. The summed E-state index contributed by atoms with van der Waals surface area (Å²) in [7, 11) is 0. The molecule has 0 N–H and O–H groups in total. The predicted molar refractivity (Wildman–Crippen MR) is 52.6 cm³/mol. The second-order valence-corrected chi connectivity index (χ2v) is 3.04. The Labute approximate surface area is 82.5 Å². The van der Waals surface area contributed by atoms with E-state index in [0.717, 1.165) is 12.0 Å². The van der Waals surface area contributed by atoms with E-state index in [2.05, 4.69) is 11.6 Å². The van der Waals surface area contributed by atoms with Crippen molar-refractivity contribution >= 4 is 5.78 Å². The Kier molecular flexibility index (Phi) is 3.51. The number of ketones is 1. The highest BCUT2D eigenvalue weighted by Gasteiger charge is 2.12. The molecule has 0 amide bonds. The Balaban J connectivity index is 2.80. The van der Waals surface area contributed by atoms with Crippen molar-refractivity contribution in [1.82, 2.24) is 4.98 Å². The standard InChI is InChI=1S/C11H12FNO/c1-3-8(2)7-10(14)11-9(12)5-4-6-13-11/h4-6H,2-3,7H2,1H3. The number of hydrogen-bond acceptors (Lipinski definition) is 2. The molecule has 1 rings (SSSR count). The fraction of sp³-hybridized carbons (Fsp3) is 0.273. The quantitative estimate of drug-likeness (QED) is 0.543. The van der Waals surface area contributed by atoms with Crippen LogP contribution in [0.25, 0.3) is 0 Å². The van der Waals surface area contributed by atoms with Gasteiger partial charge in [-0.1, -0.05) is 19.1 Å². The first kappa shape index (κ1) is 10.6. The van der Waals surface area contributed by atoms with Crippen LogP contribution in [0.4, 0.5) is 4.39 Å². The normalized spacial score (nSPS) is 9.86. The van der Waals surface area contributed by atoms with Gasteiger partial charge in [0.2, 0.25) is 0 Å². The van der Waals surface area contributed by atoms with Gasteiger partial charge in [-0.25, -0.2) is 4.39 Å². The summed E-state index contributed by atoms with van der Waals surface area (Å²) in [6.07, 6.45) is 2.30. The van der Waals surface area contributed by atoms with Gasteiger partial charge in [-0.2, -0.15) is 0 Å². The van der Waals surface area contributed by atoms with Gasteiger partial charge in [0.25, 0.3) is 0 Å². The molecule has 2 nitrogen and oxygen atoms in total. The van der Waals surface area contributed by atoms with E-state index in [9.17, 15) is 9.18 Å². The van der Waals surface area contributed by atoms with Crippen molar-refractivity contribution in [2.45, 2.75) is 19.8 Å². The number of aromatic nitrogens is 1. The number of carbonyl (C=O) groups excluding carboxylic acids is 1. The van der Waals surface area contributed by atoms with E-state index in [4.69, 9.17) is 0 Å². The largest absolute Gasteiger partial charge is 0.292 e. The summed E-state index contributed by atoms with van der Waals surface area (Å²) in [5.41, 5.74) is 0.696. The monoisotopic (exact) mass is 193 g/mol. The minimum absolute atomic E-state index is 0.0953. The molecule has 3 heteroatoms. The van der Waals surface area contributed by atoms with Gasteiger partial charge >= 0.3 is 0 Å². The summed E-state index contributed by atoms with van der Waals surface area (Å²) in [5, 5.41) is 0. The van der Waals surface area contributed by atoms with Crippen LogP contribution in [0.2, 0.25) is 0 Å². The van der Waals surface area contributed by atoms with E-state index in [1.807, 2.05) is 6.92 Å². The molecule has 0 radical (unpaired) electrons. The van der Waals surface area contributed by atoms with E-state index in [1.54, 1.807) is 0 Å². The Bertz CT molecular complexity index is 360. The molecular formula is C11H12FNO. The number of hydrogen-bond donors (Lipinski definition) is 0. The fourth-order valence-corrected chi connectivity index (χ4v) is 1.03. The van der Waals surface area contributed by atoms with Crippen molar-refractivity contribution in [3.8, 4) is 0 Å². The molecule has 0 saturated heterocycles. The lowest BCUT2D eigenvalue weighted by Crippen LogP contribution is -2.05.